The van der Waals surface area contributed by atoms with Crippen molar-refractivity contribution in [1.82, 2.24) is 4.57 Å². The number of carbonyl (C=O) groups excluding carboxylic acids is 1. The van der Waals surface area contributed by atoms with Crippen molar-refractivity contribution >= 4 is 17.4 Å². The van der Waals surface area contributed by atoms with Gasteiger partial charge in [0.1, 0.15) is 0 Å². The highest BCUT2D eigenvalue weighted by Crippen LogP contribution is 2.22. The molecule has 1 heterocycles. The Hall–Kier alpha value is -0.800. The molecular formula is C13H20ClNO2. The SMILES string of the molecule is COCC(C)n1c(C)cc(C(=O)C(C)Cl)c1C. The molecule has 1 rings (SSSR count). The zero-order valence-corrected chi connectivity index (χ0v) is 11.8. The fourth-order valence-corrected chi connectivity index (χ4v) is 2.35. The van der Waals surface area contributed by atoms with Gasteiger partial charge in [0.15, 0.2) is 5.78 Å². The zero-order chi connectivity index (χ0) is 13.2. The highest BCUT2D eigenvalue weighted by Gasteiger charge is 2.21. The van der Waals surface area contributed by atoms with E-state index in [2.05, 4.69) is 11.5 Å². The highest BCUT2D eigenvalue weighted by molar-refractivity contribution is 6.33. The van der Waals surface area contributed by atoms with Crippen molar-refractivity contribution in [3.8, 4) is 0 Å². The topological polar surface area (TPSA) is 31.2 Å². The van der Waals surface area contributed by atoms with Gasteiger partial charge in [-0.1, -0.05) is 0 Å². The normalized spacial score (nSPS) is 14.7. The van der Waals surface area contributed by atoms with Gasteiger partial charge in [-0.15, -0.1) is 11.6 Å². The fourth-order valence-electron chi connectivity index (χ4n) is 2.23. The number of methoxy groups -OCH3 is 1. The van der Waals surface area contributed by atoms with E-state index in [1.807, 2.05) is 19.9 Å². The van der Waals surface area contributed by atoms with E-state index in [0.717, 1.165) is 11.4 Å². The van der Waals surface area contributed by atoms with E-state index in [1.165, 1.54) is 0 Å². The van der Waals surface area contributed by atoms with Crippen LogP contribution >= 0.6 is 11.6 Å². The van der Waals surface area contributed by atoms with Gasteiger partial charge in [0.2, 0.25) is 0 Å². The summed E-state index contributed by atoms with van der Waals surface area (Å²) in [7, 11) is 1.68. The molecule has 17 heavy (non-hydrogen) atoms. The number of alkyl halides is 1. The number of ketones is 1. The number of hydrogen-bond donors (Lipinski definition) is 0. The van der Waals surface area contributed by atoms with Gasteiger partial charge >= 0.3 is 0 Å². The summed E-state index contributed by atoms with van der Waals surface area (Å²) in [5.74, 6) is -0.0179. The molecule has 0 aliphatic rings. The molecule has 96 valence electrons. The summed E-state index contributed by atoms with van der Waals surface area (Å²) >= 11 is 5.85. The monoisotopic (exact) mass is 257 g/mol. The summed E-state index contributed by atoms with van der Waals surface area (Å²) < 4.78 is 7.27. The van der Waals surface area contributed by atoms with Crippen LogP contribution in [0.15, 0.2) is 6.07 Å². The highest BCUT2D eigenvalue weighted by atomic mass is 35.5. The third-order valence-electron chi connectivity index (χ3n) is 2.96. The Balaban J connectivity index is 3.14. The molecule has 2 atom stereocenters. The molecule has 0 N–H and O–H groups in total. The van der Waals surface area contributed by atoms with Gasteiger partial charge < -0.3 is 9.30 Å². The molecule has 0 saturated heterocycles. The van der Waals surface area contributed by atoms with Crippen LogP contribution in [0.4, 0.5) is 0 Å². The van der Waals surface area contributed by atoms with Crippen LogP contribution in [-0.2, 0) is 4.74 Å². The van der Waals surface area contributed by atoms with E-state index in [-0.39, 0.29) is 11.8 Å². The summed E-state index contributed by atoms with van der Waals surface area (Å²) in [6, 6.07) is 2.12. The van der Waals surface area contributed by atoms with E-state index >= 15 is 0 Å². The second kappa shape index (κ2) is 5.69. The van der Waals surface area contributed by atoms with Crippen molar-refractivity contribution in [3.05, 3.63) is 23.0 Å². The molecule has 0 radical (unpaired) electrons. The number of nitrogens with zero attached hydrogens (tertiary/aromatic N) is 1. The Kier molecular flexibility index (Phi) is 4.78. The maximum atomic E-state index is 11.9. The second-order valence-corrected chi connectivity index (χ2v) is 5.09. The smallest absolute Gasteiger partial charge is 0.182 e. The third kappa shape index (κ3) is 2.90. The first-order valence-electron chi connectivity index (χ1n) is 5.75. The van der Waals surface area contributed by atoms with Crippen molar-refractivity contribution in [3.63, 3.8) is 0 Å². The molecule has 0 aromatic carbocycles. The van der Waals surface area contributed by atoms with Crippen LogP contribution in [0.3, 0.4) is 0 Å². The van der Waals surface area contributed by atoms with Crippen molar-refractivity contribution in [2.75, 3.05) is 13.7 Å². The van der Waals surface area contributed by atoms with Crippen LogP contribution < -0.4 is 0 Å². The van der Waals surface area contributed by atoms with Crippen molar-refractivity contribution < 1.29 is 9.53 Å². The Morgan fingerprint density at radius 3 is 2.53 bits per heavy atom. The molecular weight excluding hydrogens is 238 g/mol. The van der Waals surface area contributed by atoms with E-state index in [0.29, 0.717) is 12.2 Å². The lowest BCUT2D eigenvalue weighted by atomic mass is 10.1. The molecule has 0 amide bonds. The van der Waals surface area contributed by atoms with Crippen LogP contribution in [0.5, 0.6) is 0 Å². The lowest BCUT2D eigenvalue weighted by Crippen LogP contribution is -2.16. The van der Waals surface area contributed by atoms with Gasteiger partial charge in [-0.3, -0.25) is 4.79 Å². The van der Waals surface area contributed by atoms with E-state index in [1.54, 1.807) is 14.0 Å². The summed E-state index contributed by atoms with van der Waals surface area (Å²) in [4.78, 5) is 11.9. The minimum atomic E-state index is -0.485. The number of rotatable bonds is 5. The van der Waals surface area contributed by atoms with Crippen LogP contribution in [0.1, 0.15) is 41.6 Å². The minimum absolute atomic E-state index is 0.0179. The molecule has 0 aliphatic carbocycles. The number of carbonyl (C=O) groups is 1. The van der Waals surface area contributed by atoms with Gasteiger partial charge in [0.25, 0.3) is 0 Å². The van der Waals surface area contributed by atoms with Crippen molar-refractivity contribution in [2.24, 2.45) is 0 Å². The molecule has 1 aromatic rings. The average molecular weight is 258 g/mol. The Morgan fingerprint density at radius 2 is 2.06 bits per heavy atom. The molecule has 4 heteroatoms. The maximum Gasteiger partial charge on any atom is 0.182 e. The zero-order valence-electron chi connectivity index (χ0n) is 11.1. The quantitative estimate of drug-likeness (QED) is 0.600. The first-order valence-corrected chi connectivity index (χ1v) is 6.19. The summed E-state index contributed by atoms with van der Waals surface area (Å²) in [6.07, 6.45) is 0. The third-order valence-corrected chi connectivity index (χ3v) is 3.16. The molecule has 1 aromatic heterocycles. The molecule has 0 spiro atoms. The van der Waals surface area contributed by atoms with Gasteiger partial charge in [-0.25, -0.2) is 0 Å². The standard InChI is InChI=1S/C13H20ClNO2/c1-8-6-12(13(16)10(3)14)11(4)15(8)9(2)7-17-5/h6,9-10H,7H2,1-5H3. The van der Waals surface area contributed by atoms with Crippen LogP contribution in [-0.4, -0.2) is 29.4 Å². The second-order valence-electron chi connectivity index (χ2n) is 4.44. The van der Waals surface area contributed by atoms with Gasteiger partial charge in [0, 0.05) is 24.1 Å². The molecule has 0 aliphatic heterocycles. The van der Waals surface area contributed by atoms with Crippen LogP contribution in [0, 0.1) is 13.8 Å². The molecule has 0 fully saturated rings. The number of Topliss-reactive ketones (excluding diaryl/α,β-unsaturated/α-hetero) is 1. The number of ether oxygens (including phenoxy) is 1. The summed E-state index contributed by atoms with van der Waals surface area (Å²) in [5, 5.41) is -0.485. The number of aryl methyl sites for hydroxylation is 1. The van der Waals surface area contributed by atoms with Crippen LogP contribution in [0.2, 0.25) is 0 Å². The summed E-state index contributed by atoms with van der Waals surface area (Å²) in [5.41, 5.74) is 2.74. The predicted molar refractivity (Wildman–Crippen MR) is 70.1 cm³/mol. The number of halogens is 1. The van der Waals surface area contributed by atoms with E-state index in [9.17, 15) is 4.79 Å². The molecule has 2 unspecified atom stereocenters. The Labute approximate surface area is 108 Å². The van der Waals surface area contributed by atoms with E-state index in [4.69, 9.17) is 16.3 Å². The minimum Gasteiger partial charge on any atom is -0.383 e. The first-order chi connectivity index (χ1) is 7.90. The van der Waals surface area contributed by atoms with Gasteiger partial charge in [-0.2, -0.15) is 0 Å². The molecule has 0 saturated carbocycles. The number of aromatic nitrogens is 1. The van der Waals surface area contributed by atoms with E-state index < -0.39 is 5.38 Å². The largest absolute Gasteiger partial charge is 0.383 e. The molecule has 3 nitrogen and oxygen atoms in total. The van der Waals surface area contributed by atoms with Crippen molar-refractivity contribution in [2.45, 2.75) is 39.1 Å². The first kappa shape index (κ1) is 14.3. The van der Waals surface area contributed by atoms with Gasteiger partial charge in [0.05, 0.1) is 18.0 Å². The van der Waals surface area contributed by atoms with Crippen molar-refractivity contribution in [1.29, 1.82) is 0 Å². The fraction of sp³-hybridized carbons (Fsp3) is 0.615. The van der Waals surface area contributed by atoms with Gasteiger partial charge in [-0.05, 0) is 33.8 Å². The lowest BCUT2D eigenvalue weighted by Gasteiger charge is -2.17. The number of hydrogen-bond acceptors (Lipinski definition) is 2. The summed E-state index contributed by atoms with van der Waals surface area (Å²) in [6.45, 7) is 8.34. The maximum absolute atomic E-state index is 11.9. The molecule has 0 bridgehead atoms. The Morgan fingerprint density at radius 1 is 1.47 bits per heavy atom. The lowest BCUT2D eigenvalue weighted by molar-refractivity contribution is 0.0990. The predicted octanol–water partition coefficient (Wildman–Crippen LogP) is 3.12. The average Bonchev–Trinajstić information content (AvgIpc) is 2.53. The van der Waals surface area contributed by atoms with Crippen LogP contribution in [0.25, 0.3) is 0 Å². The Bertz CT molecular complexity index is 410.